The number of nitrogens with zero attached hydrogens (tertiary/aromatic N) is 2. The number of amides is 1. The van der Waals surface area contributed by atoms with Crippen LogP contribution < -0.4 is 5.32 Å². The third-order valence-electron chi connectivity index (χ3n) is 6.08. The molecule has 1 atom stereocenters. The Bertz CT molecular complexity index is 650. The first-order valence-electron chi connectivity index (χ1n) is 9.99. The Kier molecular flexibility index (Phi) is 5.36. The van der Waals surface area contributed by atoms with Crippen molar-refractivity contribution < 1.29 is 9.53 Å². The van der Waals surface area contributed by atoms with E-state index in [2.05, 4.69) is 33.4 Å². The number of aromatic nitrogens is 1. The van der Waals surface area contributed by atoms with Crippen LogP contribution in [0.1, 0.15) is 50.5 Å². The summed E-state index contributed by atoms with van der Waals surface area (Å²) in [5.41, 5.74) is 2.32. The van der Waals surface area contributed by atoms with Crippen molar-refractivity contribution in [2.24, 2.45) is 0 Å². The Morgan fingerprint density at radius 3 is 2.81 bits per heavy atom. The fraction of sp³-hybridized carbons (Fsp3) is 0.619. The van der Waals surface area contributed by atoms with Crippen molar-refractivity contribution in [2.75, 3.05) is 19.6 Å². The third-order valence-corrected chi connectivity index (χ3v) is 6.08. The van der Waals surface area contributed by atoms with Gasteiger partial charge in [0.2, 0.25) is 5.91 Å². The second-order valence-corrected chi connectivity index (χ2v) is 7.92. The number of carbonyl (C=O) groups is 1. The summed E-state index contributed by atoms with van der Waals surface area (Å²) in [6, 6.07) is 4.18. The molecule has 3 heterocycles. The molecule has 2 fully saturated rings. The van der Waals surface area contributed by atoms with E-state index < -0.39 is 0 Å². The molecule has 5 heteroatoms. The van der Waals surface area contributed by atoms with E-state index in [0.717, 1.165) is 70.2 Å². The van der Waals surface area contributed by atoms with Gasteiger partial charge in [-0.15, -0.1) is 0 Å². The lowest BCUT2D eigenvalue weighted by Crippen LogP contribution is -2.44. The normalized spacial score (nSPS) is 25.4. The molecule has 0 radical (unpaired) electrons. The molecule has 26 heavy (non-hydrogen) atoms. The van der Waals surface area contributed by atoms with E-state index in [1.165, 1.54) is 5.56 Å². The van der Waals surface area contributed by atoms with Crippen LogP contribution in [-0.2, 0) is 16.1 Å². The van der Waals surface area contributed by atoms with Gasteiger partial charge >= 0.3 is 0 Å². The molecule has 2 saturated heterocycles. The number of ether oxygens (including phenoxy) is 1. The molecule has 3 aliphatic rings. The van der Waals surface area contributed by atoms with E-state index in [-0.39, 0.29) is 17.6 Å². The zero-order valence-electron chi connectivity index (χ0n) is 15.5. The summed E-state index contributed by atoms with van der Waals surface area (Å²) >= 11 is 0. The molecule has 1 aliphatic carbocycles. The van der Waals surface area contributed by atoms with E-state index in [4.69, 9.17) is 4.74 Å². The van der Waals surface area contributed by atoms with Crippen LogP contribution in [0, 0.1) is 0 Å². The van der Waals surface area contributed by atoms with Gasteiger partial charge < -0.3 is 10.1 Å². The van der Waals surface area contributed by atoms with Gasteiger partial charge in [-0.25, -0.2) is 0 Å². The quantitative estimate of drug-likeness (QED) is 0.882. The Hall–Kier alpha value is -1.72. The zero-order valence-corrected chi connectivity index (χ0v) is 15.5. The van der Waals surface area contributed by atoms with Crippen LogP contribution in [0.3, 0.4) is 0 Å². The van der Waals surface area contributed by atoms with Crippen molar-refractivity contribution in [1.29, 1.82) is 0 Å². The average Bonchev–Trinajstić information content (AvgIpc) is 3.34. The van der Waals surface area contributed by atoms with Gasteiger partial charge in [0.25, 0.3) is 0 Å². The first-order chi connectivity index (χ1) is 12.7. The highest BCUT2D eigenvalue weighted by atomic mass is 16.5. The summed E-state index contributed by atoms with van der Waals surface area (Å²) in [5, 5.41) is 3.08. The van der Waals surface area contributed by atoms with Gasteiger partial charge in [-0.05, 0) is 62.6 Å². The summed E-state index contributed by atoms with van der Waals surface area (Å²) in [7, 11) is 0. The molecule has 2 aliphatic heterocycles. The average molecular weight is 355 g/mol. The molecule has 0 saturated carbocycles. The number of hydrogen-bond acceptors (Lipinski definition) is 4. The molecule has 1 amide bonds. The predicted molar refractivity (Wildman–Crippen MR) is 101 cm³/mol. The molecule has 0 aromatic carbocycles. The zero-order chi connectivity index (χ0) is 17.8. The lowest BCUT2D eigenvalue weighted by atomic mass is 9.88. The second-order valence-electron chi connectivity index (χ2n) is 7.92. The lowest BCUT2D eigenvalue weighted by Gasteiger charge is -2.39. The summed E-state index contributed by atoms with van der Waals surface area (Å²) < 4.78 is 6.43. The van der Waals surface area contributed by atoms with Crippen molar-refractivity contribution in [2.45, 2.75) is 63.2 Å². The molecular formula is C21H29N3O2. The SMILES string of the molecule is O=C(NCC1CCC2(CCN(Cc3ccncc3)CC2)O1)C1=CCCC1. The molecule has 1 spiro atoms. The monoisotopic (exact) mass is 355 g/mol. The predicted octanol–water partition coefficient (Wildman–Crippen LogP) is 2.82. The van der Waals surface area contributed by atoms with E-state index >= 15 is 0 Å². The van der Waals surface area contributed by atoms with Gasteiger partial charge in [0.1, 0.15) is 0 Å². The summed E-state index contributed by atoms with van der Waals surface area (Å²) in [6.45, 7) is 3.80. The van der Waals surface area contributed by atoms with Gasteiger partial charge in [0.05, 0.1) is 11.7 Å². The fourth-order valence-corrected chi connectivity index (χ4v) is 4.47. The first kappa shape index (κ1) is 17.7. The van der Waals surface area contributed by atoms with Gasteiger partial charge in [-0.2, -0.15) is 0 Å². The molecule has 1 aromatic rings. The highest BCUT2D eigenvalue weighted by Crippen LogP contribution is 2.39. The van der Waals surface area contributed by atoms with E-state index in [1.54, 1.807) is 0 Å². The molecular weight excluding hydrogens is 326 g/mol. The van der Waals surface area contributed by atoms with Crippen LogP contribution in [0.4, 0.5) is 0 Å². The summed E-state index contributed by atoms with van der Waals surface area (Å²) in [6.07, 6.45) is 13.4. The number of rotatable bonds is 5. The number of pyridine rings is 1. The Morgan fingerprint density at radius 2 is 2.08 bits per heavy atom. The summed E-state index contributed by atoms with van der Waals surface area (Å²) in [5.74, 6) is 0.110. The van der Waals surface area contributed by atoms with Crippen LogP contribution >= 0.6 is 0 Å². The van der Waals surface area contributed by atoms with Crippen LogP contribution in [-0.4, -0.2) is 47.1 Å². The smallest absolute Gasteiger partial charge is 0.246 e. The van der Waals surface area contributed by atoms with Crippen LogP contribution in [0.2, 0.25) is 0 Å². The van der Waals surface area contributed by atoms with Crippen molar-refractivity contribution in [1.82, 2.24) is 15.2 Å². The Morgan fingerprint density at radius 1 is 1.27 bits per heavy atom. The third kappa shape index (κ3) is 4.15. The highest BCUT2D eigenvalue weighted by molar-refractivity contribution is 5.93. The van der Waals surface area contributed by atoms with Crippen LogP contribution in [0.25, 0.3) is 0 Å². The minimum Gasteiger partial charge on any atom is -0.370 e. The first-order valence-corrected chi connectivity index (χ1v) is 9.99. The Labute approximate surface area is 155 Å². The highest BCUT2D eigenvalue weighted by Gasteiger charge is 2.42. The van der Waals surface area contributed by atoms with E-state index in [9.17, 15) is 4.79 Å². The molecule has 1 N–H and O–H groups in total. The van der Waals surface area contributed by atoms with Crippen LogP contribution in [0.15, 0.2) is 36.2 Å². The number of nitrogens with one attached hydrogen (secondary N) is 1. The number of carbonyl (C=O) groups excluding carboxylic acids is 1. The number of piperidine rings is 1. The molecule has 5 nitrogen and oxygen atoms in total. The van der Waals surface area contributed by atoms with Gasteiger partial charge in [0, 0.05) is 44.1 Å². The number of hydrogen-bond donors (Lipinski definition) is 1. The lowest BCUT2D eigenvalue weighted by molar-refractivity contribution is -0.119. The van der Waals surface area contributed by atoms with Crippen molar-refractivity contribution in [3.63, 3.8) is 0 Å². The number of allylic oxidation sites excluding steroid dienone is 1. The van der Waals surface area contributed by atoms with Crippen molar-refractivity contribution in [3.05, 3.63) is 41.7 Å². The Balaban J connectivity index is 1.22. The van der Waals surface area contributed by atoms with Crippen LogP contribution in [0.5, 0.6) is 0 Å². The van der Waals surface area contributed by atoms with E-state index in [0.29, 0.717) is 6.54 Å². The molecule has 4 rings (SSSR count). The maximum atomic E-state index is 12.1. The topological polar surface area (TPSA) is 54.5 Å². The molecule has 1 unspecified atom stereocenters. The molecule has 0 bridgehead atoms. The maximum absolute atomic E-state index is 12.1. The van der Waals surface area contributed by atoms with Gasteiger partial charge in [-0.1, -0.05) is 6.08 Å². The molecule has 140 valence electrons. The summed E-state index contributed by atoms with van der Waals surface area (Å²) in [4.78, 5) is 18.7. The number of likely N-dealkylation sites (tertiary alicyclic amines) is 1. The van der Waals surface area contributed by atoms with Crippen molar-refractivity contribution in [3.8, 4) is 0 Å². The second kappa shape index (κ2) is 7.89. The largest absolute Gasteiger partial charge is 0.370 e. The fourth-order valence-electron chi connectivity index (χ4n) is 4.47. The maximum Gasteiger partial charge on any atom is 0.246 e. The minimum absolute atomic E-state index is 0.0385. The van der Waals surface area contributed by atoms with Crippen molar-refractivity contribution >= 4 is 5.91 Å². The van der Waals surface area contributed by atoms with E-state index in [1.807, 2.05) is 12.4 Å². The van der Waals surface area contributed by atoms with Gasteiger partial charge in [-0.3, -0.25) is 14.7 Å². The minimum atomic E-state index is 0.0385. The van der Waals surface area contributed by atoms with Gasteiger partial charge in [0.15, 0.2) is 0 Å². The standard InChI is InChI=1S/C21H29N3O2/c25-20(18-3-1-2-4-18)23-15-19-5-8-21(26-19)9-13-24(14-10-21)16-17-6-11-22-12-7-17/h3,6-7,11-12,19H,1-2,4-5,8-10,13-16H2,(H,23,25). The molecule has 1 aromatic heterocycles.